The van der Waals surface area contributed by atoms with Crippen LogP contribution in [0, 0.1) is 0 Å². The van der Waals surface area contributed by atoms with Gasteiger partial charge in [0.15, 0.2) is 5.76 Å². The van der Waals surface area contributed by atoms with Crippen molar-refractivity contribution >= 4 is 24.0 Å². The molecule has 1 aromatic heterocycles. The van der Waals surface area contributed by atoms with Crippen LogP contribution in [0.3, 0.4) is 0 Å². The van der Waals surface area contributed by atoms with E-state index in [-0.39, 0.29) is 12.3 Å². The number of hydrogen-bond acceptors (Lipinski definition) is 4. The molecule has 0 unspecified atom stereocenters. The molecule has 3 rings (SSSR count). The molecule has 0 fully saturated rings. The van der Waals surface area contributed by atoms with Crippen LogP contribution < -0.4 is 11.1 Å². The molecule has 1 amide bonds. The number of nitrogens with two attached hydrogens (primary N) is 1. The fraction of sp³-hybridized carbons (Fsp3) is 0.0909. The van der Waals surface area contributed by atoms with Crippen LogP contribution in [-0.4, -0.2) is 29.6 Å². The van der Waals surface area contributed by atoms with E-state index in [4.69, 9.17) is 15.3 Å². The standard InChI is InChI=1S/C22H20N2O4/c23-18(22(26)27)14-24-21(25)20-13-12-19(28-20)17-9-5-4-8-16(17)11-10-15-6-2-1-3-7-15/h1-13,18H,14,23H2,(H,24,25)(H,26,27)/b11-10+/t18-/m1/s1. The number of carbonyl (C=O) groups is 2. The van der Waals surface area contributed by atoms with Crippen LogP contribution in [0.2, 0.25) is 0 Å². The first-order valence-electron chi connectivity index (χ1n) is 8.73. The van der Waals surface area contributed by atoms with E-state index in [9.17, 15) is 9.59 Å². The van der Waals surface area contributed by atoms with Crippen molar-refractivity contribution in [3.05, 3.63) is 83.6 Å². The number of carbonyl (C=O) groups excluding carboxylic acids is 1. The SMILES string of the molecule is N[C@H](CNC(=O)c1ccc(-c2ccccc2/C=C/c2ccccc2)o1)C(=O)O. The van der Waals surface area contributed by atoms with E-state index >= 15 is 0 Å². The van der Waals surface area contributed by atoms with Gasteiger partial charge in [-0.05, 0) is 23.3 Å². The van der Waals surface area contributed by atoms with Crippen molar-refractivity contribution in [1.29, 1.82) is 0 Å². The van der Waals surface area contributed by atoms with Crippen molar-refractivity contribution in [1.82, 2.24) is 5.32 Å². The van der Waals surface area contributed by atoms with Crippen LogP contribution in [-0.2, 0) is 4.79 Å². The molecule has 3 aromatic rings. The van der Waals surface area contributed by atoms with E-state index in [0.29, 0.717) is 5.76 Å². The van der Waals surface area contributed by atoms with Crippen LogP contribution in [0.25, 0.3) is 23.5 Å². The first-order valence-corrected chi connectivity index (χ1v) is 8.73. The summed E-state index contributed by atoms with van der Waals surface area (Å²) in [5, 5.41) is 11.2. The predicted molar refractivity (Wildman–Crippen MR) is 107 cm³/mol. The smallest absolute Gasteiger partial charge is 0.322 e. The number of benzene rings is 2. The van der Waals surface area contributed by atoms with Gasteiger partial charge >= 0.3 is 5.97 Å². The minimum absolute atomic E-state index is 0.0921. The number of aliphatic carboxylic acids is 1. The molecule has 0 bridgehead atoms. The molecule has 0 saturated heterocycles. The Labute approximate surface area is 162 Å². The fourth-order valence-electron chi connectivity index (χ4n) is 2.60. The molecule has 0 aliphatic rings. The van der Waals surface area contributed by atoms with Gasteiger partial charge in [-0.3, -0.25) is 9.59 Å². The number of furan rings is 1. The van der Waals surface area contributed by atoms with Crippen LogP contribution in [0.1, 0.15) is 21.7 Å². The Morgan fingerprint density at radius 3 is 2.46 bits per heavy atom. The first-order chi connectivity index (χ1) is 13.5. The van der Waals surface area contributed by atoms with Crippen LogP contribution in [0.5, 0.6) is 0 Å². The summed E-state index contributed by atoms with van der Waals surface area (Å²) in [4.78, 5) is 22.9. The maximum absolute atomic E-state index is 12.1. The second kappa shape index (κ2) is 8.83. The molecule has 6 heteroatoms. The van der Waals surface area contributed by atoms with Gasteiger partial charge in [-0.2, -0.15) is 0 Å². The van der Waals surface area contributed by atoms with E-state index in [1.165, 1.54) is 0 Å². The van der Waals surface area contributed by atoms with E-state index in [1.807, 2.05) is 66.7 Å². The zero-order valence-corrected chi connectivity index (χ0v) is 15.0. The van der Waals surface area contributed by atoms with E-state index in [0.717, 1.165) is 16.7 Å². The molecule has 0 aliphatic carbocycles. The normalized spacial score (nSPS) is 12.0. The quantitative estimate of drug-likeness (QED) is 0.549. The second-order valence-corrected chi connectivity index (χ2v) is 6.15. The van der Waals surface area contributed by atoms with Crippen molar-refractivity contribution in [3.8, 4) is 11.3 Å². The second-order valence-electron chi connectivity index (χ2n) is 6.15. The molecule has 6 nitrogen and oxygen atoms in total. The molecular formula is C22H20N2O4. The number of carboxylic acids is 1. The highest BCUT2D eigenvalue weighted by molar-refractivity contribution is 5.92. The zero-order valence-electron chi connectivity index (χ0n) is 15.0. The largest absolute Gasteiger partial charge is 0.480 e. The highest BCUT2D eigenvalue weighted by atomic mass is 16.4. The Morgan fingerprint density at radius 1 is 1.00 bits per heavy atom. The summed E-state index contributed by atoms with van der Waals surface area (Å²) in [6, 6.07) is 19.7. The third-order valence-corrected chi connectivity index (χ3v) is 4.11. The third-order valence-electron chi connectivity index (χ3n) is 4.11. The van der Waals surface area contributed by atoms with Gasteiger partial charge in [0, 0.05) is 12.1 Å². The van der Waals surface area contributed by atoms with Gasteiger partial charge in [0.2, 0.25) is 0 Å². The average molecular weight is 376 g/mol. The maximum Gasteiger partial charge on any atom is 0.322 e. The van der Waals surface area contributed by atoms with Crippen LogP contribution in [0.15, 0.2) is 71.1 Å². The topological polar surface area (TPSA) is 106 Å². The van der Waals surface area contributed by atoms with E-state index < -0.39 is 17.9 Å². The van der Waals surface area contributed by atoms with Crippen molar-refractivity contribution in [2.45, 2.75) is 6.04 Å². The molecule has 4 N–H and O–H groups in total. The maximum atomic E-state index is 12.1. The summed E-state index contributed by atoms with van der Waals surface area (Å²) in [5.41, 5.74) is 8.25. The van der Waals surface area contributed by atoms with Crippen LogP contribution in [0.4, 0.5) is 0 Å². The number of carboxylic acid groups (broad SMARTS) is 1. The summed E-state index contributed by atoms with van der Waals surface area (Å²) in [6.07, 6.45) is 3.99. The minimum atomic E-state index is -1.18. The van der Waals surface area contributed by atoms with Crippen molar-refractivity contribution < 1.29 is 19.1 Å². The average Bonchev–Trinajstić information content (AvgIpc) is 3.21. The number of nitrogens with one attached hydrogen (secondary N) is 1. The molecular weight excluding hydrogens is 356 g/mol. The Hall–Kier alpha value is -3.64. The predicted octanol–water partition coefficient (Wildman–Crippen LogP) is 3.26. The summed E-state index contributed by atoms with van der Waals surface area (Å²) in [7, 11) is 0. The monoisotopic (exact) mass is 376 g/mol. The van der Waals surface area contributed by atoms with Crippen LogP contribution >= 0.6 is 0 Å². The van der Waals surface area contributed by atoms with E-state index in [2.05, 4.69) is 5.32 Å². The van der Waals surface area contributed by atoms with Crippen molar-refractivity contribution in [3.63, 3.8) is 0 Å². The number of hydrogen-bond donors (Lipinski definition) is 3. The summed E-state index contributed by atoms with van der Waals surface area (Å²) in [5.74, 6) is -1.06. The first kappa shape index (κ1) is 19.1. The summed E-state index contributed by atoms with van der Waals surface area (Å²) in [6.45, 7) is -0.180. The lowest BCUT2D eigenvalue weighted by Crippen LogP contribution is -2.42. The van der Waals surface area contributed by atoms with Gasteiger partial charge < -0.3 is 20.6 Å². The Morgan fingerprint density at radius 2 is 1.71 bits per heavy atom. The molecule has 142 valence electrons. The van der Waals surface area contributed by atoms with Gasteiger partial charge in [0.1, 0.15) is 11.8 Å². The molecule has 28 heavy (non-hydrogen) atoms. The molecule has 0 saturated carbocycles. The highest BCUT2D eigenvalue weighted by Gasteiger charge is 2.17. The van der Waals surface area contributed by atoms with E-state index in [1.54, 1.807) is 12.1 Å². The zero-order chi connectivity index (χ0) is 19.9. The number of amides is 1. The summed E-state index contributed by atoms with van der Waals surface area (Å²) < 4.78 is 5.68. The fourth-order valence-corrected chi connectivity index (χ4v) is 2.60. The van der Waals surface area contributed by atoms with Gasteiger partial charge in [-0.25, -0.2) is 0 Å². The summed E-state index contributed by atoms with van der Waals surface area (Å²) >= 11 is 0. The lowest BCUT2D eigenvalue weighted by Gasteiger charge is -2.07. The number of rotatable bonds is 7. The highest BCUT2D eigenvalue weighted by Crippen LogP contribution is 2.27. The lowest BCUT2D eigenvalue weighted by molar-refractivity contribution is -0.138. The molecule has 1 heterocycles. The van der Waals surface area contributed by atoms with Crippen molar-refractivity contribution in [2.24, 2.45) is 5.73 Å². The molecule has 0 radical (unpaired) electrons. The molecule has 0 aliphatic heterocycles. The third kappa shape index (κ3) is 4.75. The molecule has 1 atom stereocenters. The van der Waals surface area contributed by atoms with Gasteiger partial charge in [0.25, 0.3) is 5.91 Å². The van der Waals surface area contributed by atoms with Crippen molar-refractivity contribution in [2.75, 3.05) is 6.54 Å². The Balaban J connectivity index is 1.77. The van der Waals surface area contributed by atoms with Gasteiger partial charge in [0.05, 0.1) is 0 Å². The molecule has 0 spiro atoms. The Bertz CT molecular complexity index is 993. The van der Waals surface area contributed by atoms with Gasteiger partial charge in [-0.1, -0.05) is 66.7 Å². The van der Waals surface area contributed by atoms with Gasteiger partial charge in [-0.15, -0.1) is 0 Å². The molecule has 2 aromatic carbocycles. The Kier molecular flexibility index (Phi) is 6.04. The lowest BCUT2D eigenvalue weighted by atomic mass is 10.0. The minimum Gasteiger partial charge on any atom is -0.480 e.